The zero-order valence-corrected chi connectivity index (χ0v) is 12.8. The summed E-state index contributed by atoms with van der Waals surface area (Å²) < 4.78 is 5.65. The topological polar surface area (TPSA) is 21.3 Å². The molecular weight excluding hydrogens is 246 g/mol. The number of hydrogen-bond donors (Lipinski definition) is 1. The van der Waals surface area contributed by atoms with Crippen molar-refractivity contribution in [2.75, 3.05) is 20.2 Å². The highest BCUT2D eigenvalue weighted by molar-refractivity contribution is 5.41. The maximum absolute atomic E-state index is 5.65. The van der Waals surface area contributed by atoms with E-state index in [0.717, 1.165) is 43.1 Å². The van der Waals surface area contributed by atoms with E-state index in [1.165, 1.54) is 31.2 Å². The van der Waals surface area contributed by atoms with Crippen LogP contribution in [-0.4, -0.2) is 20.2 Å². The molecule has 1 N–H and O–H groups in total. The van der Waals surface area contributed by atoms with Crippen LogP contribution in [-0.2, 0) is 6.42 Å². The molecule has 2 aliphatic rings. The van der Waals surface area contributed by atoms with Crippen LogP contribution < -0.4 is 10.1 Å². The predicted octanol–water partition coefficient (Wildman–Crippen LogP) is 3.75. The normalized spacial score (nSPS) is 29.0. The van der Waals surface area contributed by atoms with Gasteiger partial charge in [0.2, 0.25) is 0 Å². The van der Waals surface area contributed by atoms with Gasteiger partial charge in [-0.05, 0) is 61.4 Å². The molecule has 110 valence electrons. The van der Waals surface area contributed by atoms with Gasteiger partial charge in [0.15, 0.2) is 0 Å². The summed E-state index contributed by atoms with van der Waals surface area (Å²) >= 11 is 0. The molecule has 1 fully saturated rings. The summed E-state index contributed by atoms with van der Waals surface area (Å²) in [5.41, 5.74) is 2.97. The summed E-state index contributed by atoms with van der Waals surface area (Å²) in [4.78, 5) is 0. The van der Waals surface area contributed by atoms with Crippen LogP contribution in [0.3, 0.4) is 0 Å². The highest BCUT2D eigenvalue weighted by atomic mass is 16.5. The van der Waals surface area contributed by atoms with E-state index in [1.54, 1.807) is 5.56 Å². The molecule has 3 unspecified atom stereocenters. The Bertz CT molecular complexity index is 457. The molecule has 1 aromatic rings. The van der Waals surface area contributed by atoms with Crippen molar-refractivity contribution >= 4 is 0 Å². The van der Waals surface area contributed by atoms with Gasteiger partial charge in [0.25, 0.3) is 0 Å². The predicted molar refractivity (Wildman–Crippen MR) is 83.4 cm³/mol. The largest absolute Gasteiger partial charge is 0.493 e. The van der Waals surface area contributed by atoms with Gasteiger partial charge in [-0.25, -0.2) is 0 Å². The van der Waals surface area contributed by atoms with Gasteiger partial charge in [0, 0.05) is 6.42 Å². The summed E-state index contributed by atoms with van der Waals surface area (Å²) in [6.45, 7) is 4.35. The third kappa shape index (κ3) is 2.71. The standard InChI is InChI=1S/C18H27NO/c1-3-13-4-5-16(12-19-2)17(10-13)14-6-7-18-15(11-14)8-9-20-18/h6-7,11,13,16-17,19H,3-5,8-10,12H2,1-2H3. The fourth-order valence-electron chi connectivity index (χ4n) is 4.04. The second-order valence-electron chi connectivity index (χ2n) is 6.48. The van der Waals surface area contributed by atoms with Crippen LogP contribution in [0.25, 0.3) is 0 Å². The van der Waals surface area contributed by atoms with Gasteiger partial charge in [0.05, 0.1) is 6.61 Å². The van der Waals surface area contributed by atoms with Crippen molar-refractivity contribution in [1.29, 1.82) is 0 Å². The summed E-state index contributed by atoms with van der Waals surface area (Å²) in [6, 6.07) is 6.94. The third-order valence-electron chi connectivity index (χ3n) is 5.29. The van der Waals surface area contributed by atoms with Crippen molar-refractivity contribution in [3.8, 4) is 5.75 Å². The summed E-state index contributed by atoms with van der Waals surface area (Å²) in [6.07, 6.45) is 6.56. The fraction of sp³-hybridized carbons (Fsp3) is 0.667. The molecule has 3 rings (SSSR count). The Balaban J connectivity index is 1.83. The first-order valence-electron chi connectivity index (χ1n) is 8.22. The lowest BCUT2D eigenvalue weighted by atomic mass is 9.70. The van der Waals surface area contributed by atoms with Gasteiger partial charge in [-0.15, -0.1) is 0 Å². The highest BCUT2D eigenvalue weighted by Crippen LogP contribution is 2.42. The minimum atomic E-state index is 0.729. The van der Waals surface area contributed by atoms with Crippen LogP contribution in [0.2, 0.25) is 0 Å². The van der Waals surface area contributed by atoms with Gasteiger partial charge < -0.3 is 10.1 Å². The van der Waals surface area contributed by atoms with Crippen LogP contribution in [0.4, 0.5) is 0 Å². The minimum Gasteiger partial charge on any atom is -0.493 e. The van der Waals surface area contributed by atoms with E-state index < -0.39 is 0 Å². The fourth-order valence-corrected chi connectivity index (χ4v) is 4.04. The molecule has 0 saturated heterocycles. The lowest BCUT2D eigenvalue weighted by Gasteiger charge is -2.36. The van der Waals surface area contributed by atoms with Crippen LogP contribution in [0.15, 0.2) is 18.2 Å². The Morgan fingerprint density at radius 1 is 1.30 bits per heavy atom. The number of ether oxygens (including phenoxy) is 1. The van der Waals surface area contributed by atoms with E-state index in [0.29, 0.717) is 0 Å². The summed E-state index contributed by atoms with van der Waals surface area (Å²) in [5, 5.41) is 3.40. The SMILES string of the molecule is CCC1CCC(CNC)C(c2ccc3c(c2)CCO3)C1. The van der Waals surface area contributed by atoms with E-state index in [2.05, 4.69) is 37.5 Å². The highest BCUT2D eigenvalue weighted by Gasteiger charge is 2.31. The van der Waals surface area contributed by atoms with E-state index in [1.807, 2.05) is 0 Å². The third-order valence-corrected chi connectivity index (χ3v) is 5.29. The van der Waals surface area contributed by atoms with Gasteiger partial charge in [-0.1, -0.05) is 31.9 Å². The van der Waals surface area contributed by atoms with Crippen molar-refractivity contribution in [2.24, 2.45) is 11.8 Å². The molecule has 2 heteroatoms. The first-order valence-corrected chi connectivity index (χ1v) is 8.22. The molecule has 0 amide bonds. The molecule has 0 bridgehead atoms. The zero-order valence-electron chi connectivity index (χ0n) is 12.8. The minimum absolute atomic E-state index is 0.729. The van der Waals surface area contributed by atoms with Crippen LogP contribution >= 0.6 is 0 Å². The molecular formula is C18H27NO. The van der Waals surface area contributed by atoms with Gasteiger partial charge >= 0.3 is 0 Å². The average Bonchev–Trinajstić information content (AvgIpc) is 2.95. The molecule has 1 aromatic carbocycles. The molecule has 0 radical (unpaired) electrons. The maximum atomic E-state index is 5.65. The van der Waals surface area contributed by atoms with E-state index in [4.69, 9.17) is 4.74 Å². The van der Waals surface area contributed by atoms with E-state index in [-0.39, 0.29) is 0 Å². The Labute approximate surface area is 122 Å². The smallest absolute Gasteiger partial charge is 0.122 e. The van der Waals surface area contributed by atoms with Gasteiger partial charge in [-0.3, -0.25) is 0 Å². The molecule has 1 heterocycles. The first kappa shape index (κ1) is 13.9. The summed E-state index contributed by atoms with van der Waals surface area (Å²) in [7, 11) is 2.08. The quantitative estimate of drug-likeness (QED) is 0.902. The summed E-state index contributed by atoms with van der Waals surface area (Å²) in [5.74, 6) is 3.55. The average molecular weight is 273 g/mol. The van der Waals surface area contributed by atoms with Crippen molar-refractivity contribution in [3.63, 3.8) is 0 Å². The van der Waals surface area contributed by atoms with E-state index >= 15 is 0 Å². The lowest BCUT2D eigenvalue weighted by Crippen LogP contribution is -2.30. The molecule has 2 nitrogen and oxygen atoms in total. The Hall–Kier alpha value is -1.02. The molecule has 20 heavy (non-hydrogen) atoms. The number of fused-ring (bicyclic) bond motifs is 1. The molecule has 0 aromatic heterocycles. The molecule has 0 spiro atoms. The van der Waals surface area contributed by atoms with Crippen molar-refractivity contribution in [3.05, 3.63) is 29.3 Å². The van der Waals surface area contributed by atoms with Crippen LogP contribution in [0.5, 0.6) is 5.75 Å². The number of nitrogens with one attached hydrogen (secondary N) is 1. The van der Waals surface area contributed by atoms with Crippen LogP contribution in [0, 0.1) is 11.8 Å². The molecule has 3 atom stereocenters. The number of benzene rings is 1. The zero-order chi connectivity index (χ0) is 13.9. The van der Waals surface area contributed by atoms with E-state index in [9.17, 15) is 0 Å². The van der Waals surface area contributed by atoms with Crippen molar-refractivity contribution in [1.82, 2.24) is 5.32 Å². The number of rotatable bonds is 4. The van der Waals surface area contributed by atoms with Gasteiger partial charge in [-0.2, -0.15) is 0 Å². The number of hydrogen-bond acceptors (Lipinski definition) is 2. The van der Waals surface area contributed by atoms with Gasteiger partial charge in [0.1, 0.15) is 5.75 Å². The molecule has 1 saturated carbocycles. The molecule has 1 aliphatic carbocycles. The second kappa shape index (κ2) is 6.17. The Kier molecular flexibility index (Phi) is 4.30. The monoisotopic (exact) mass is 273 g/mol. The maximum Gasteiger partial charge on any atom is 0.122 e. The first-order chi connectivity index (χ1) is 9.81. The van der Waals surface area contributed by atoms with Crippen molar-refractivity contribution in [2.45, 2.75) is 44.9 Å². The Morgan fingerprint density at radius 2 is 2.20 bits per heavy atom. The van der Waals surface area contributed by atoms with Crippen molar-refractivity contribution < 1.29 is 4.74 Å². The molecule has 1 aliphatic heterocycles. The lowest BCUT2D eigenvalue weighted by molar-refractivity contribution is 0.228. The van der Waals surface area contributed by atoms with Crippen LogP contribution in [0.1, 0.15) is 49.7 Å². The Morgan fingerprint density at radius 3 is 3.00 bits per heavy atom. The second-order valence-corrected chi connectivity index (χ2v) is 6.48.